The first-order valence-corrected chi connectivity index (χ1v) is 5.78. The maximum atomic E-state index is 12.3. The number of benzene rings is 1. The maximum absolute atomic E-state index is 12.3. The second kappa shape index (κ2) is 6.74. The van der Waals surface area contributed by atoms with Gasteiger partial charge in [0.05, 0.1) is 5.56 Å². The number of nitrogens with zero attached hydrogens (tertiary/aromatic N) is 1. The van der Waals surface area contributed by atoms with Crippen LogP contribution in [-0.4, -0.2) is 24.5 Å². The molecule has 1 aromatic carbocycles. The van der Waals surface area contributed by atoms with Gasteiger partial charge < -0.3 is 10.1 Å². The third kappa shape index (κ3) is 5.14. The first kappa shape index (κ1) is 16.5. The van der Waals surface area contributed by atoms with E-state index in [4.69, 9.17) is 5.26 Å². The van der Waals surface area contributed by atoms with Gasteiger partial charge in [0.1, 0.15) is 12.6 Å². The highest BCUT2D eigenvalue weighted by Gasteiger charge is 2.30. The number of amides is 1. The normalized spacial score (nSPS) is 12.1. The topological polar surface area (TPSA) is 79.2 Å². The Labute approximate surface area is 118 Å². The Balaban J connectivity index is 2.57. The maximum Gasteiger partial charge on any atom is 0.416 e. The third-order valence-corrected chi connectivity index (χ3v) is 2.36. The Morgan fingerprint density at radius 2 is 1.90 bits per heavy atom. The molecular weight excluding hydrogens is 289 g/mol. The smallest absolute Gasteiger partial charge is 0.416 e. The van der Waals surface area contributed by atoms with Crippen LogP contribution in [0.2, 0.25) is 0 Å². The molecule has 0 aliphatic heterocycles. The summed E-state index contributed by atoms with van der Waals surface area (Å²) in [5.41, 5.74) is -0.898. The largest absolute Gasteiger partial charge is 0.446 e. The summed E-state index contributed by atoms with van der Waals surface area (Å²) in [5.74, 6) is -1.53. The third-order valence-electron chi connectivity index (χ3n) is 2.36. The Morgan fingerprint density at radius 3 is 2.38 bits per heavy atom. The van der Waals surface area contributed by atoms with Gasteiger partial charge in [-0.15, -0.1) is 0 Å². The summed E-state index contributed by atoms with van der Waals surface area (Å²) >= 11 is 0. The summed E-state index contributed by atoms with van der Waals surface area (Å²) in [6, 6.07) is 5.21. The molecule has 0 aromatic heterocycles. The van der Waals surface area contributed by atoms with Gasteiger partial charge in [0, 0.05) is 5.56 Å². The summed E-state index contributed by atoms with van der Waals surface area (Å²) in [5, 5.41) is 10.6. The highest BCUT2D eigenvalue weighted by atomic mass is 19.4. The zero-order valence-corrected chi connectivity index (χ0v) is 10.9. The van der Waals surface area contributed by atoms with E-state index in [2.05, 4.69) is 10.1 Å². The van der Waals surface area contributed by atoms with Crippen LogP contribution in [0.15, 0.2) is 24.3 Å². The molecule has 1 rings (SSSR count). The van der Waals surface area contributed by atoms with E-state index < -0.39 is 36.3 Å². The zero-order valence-electron chi connectivity index (χ0n) is 10.9. The molecule has 1 aromatic rings. The first-order valence-electron chi connectivity index (χ1n) is 5.78. The summed E-state index contributed by atoms with van der Waals surface area (Å²) in [4.78, 5) is 22.8. The Kier molecular flexibility index (Phi) is 5.30. The first-order chi connectivity index (χ1) is 9.74. The van der Waals surface area contributed by atoms with E-state index in [-0.39, 0.29) is 5.56 Å². The monoisotopic (exact) mass is 300 g/mol. The molecule has 0 heterocycles. The fraction of sp³-hybridized carbons (Fsp3) is 0.308. The van der Waals surface area contributed by atoms with E-state index in [9.17, 15) is 22.8 Å². The molecule has 0 bridgehead atoms. The highest BCUT2D eigenvalue weighted by Crippen LogP contribution is 2.28. The van der Waals surface area contributed by atoms with Crippen molar-refractivity contribution in [2.75, 3.05) is 6.54 Å². The number of ether oxygens (including phenoxy) is 1. The molecule has 1 N–H and O–H groups in total. The second-order valence-corrected chi connectivity index (χ2v) is 4.02. The van der Waals surface area contributed by atoms with Crippen LogP contribution in [0.1, 0.15) is 22.8 Å². The number of carbonyl (C=O) groups excluding carboxylic acids is 2. The van der Waals surface area contributed by atoms with Gasteiger partial charge in [-0.05, 0) is 31.2 Å². The van der Waals surface area contributed by atoms with Crippen molar-refractivity contribution in [1.82, 2.24) is 5.32 Å². The number of hydrogen-bond donors (Lipinski definition) is 1. The van der Waals surface area contributed by atoms with Crippen molar-refractivity contribution in [2.24, 2.45) is 0 Å². The van der Waals surface area contributed by atoms with Crippen LogP contribution in [0.25, 0.3) is 0 Å². The number of esters is 1. The fourth-order valence-electron chi connectivity index (χ4n) is 1.33. The van der Waals surface area contributed by atoms with E-state index >= 15 is 0 Å². The lowest BCUT2D eigenvalue weighted by Gasteiger charge is -2.09. The van der Waals surface area contributed by atoms with E-state index in [0.29, 0.717) is 0 Å². The predicted molar refractivity (Wildman–Crippen MR) is 64.9 cm³/mol. The summed E-state index contributed by atoms with van der Waals surface area (Å²) < 4.78 is 41.6. The van der Waals surface area contributed by atoms with Crippen molar-refractivity contribution in [3.63, 3.8) is 0 Å². The van der Waals surface area contributed by atoms with Gasteiger partial charge in [0.2, 0.25) is 0 Å². The summed E-state index contributed by atoms with van der Waals surface area (Å²) in [7, 11) is 0. The van der Waals surface area contributed by atoms with Gasteiger partial charge in [-0.1, -0.05) is 0 Å². The van der Waals surface area contributed by atoms with Crippen LogP contribution in [0.4, 0.5) is 13.2 Å². The minimum Gasteiger partial charge on any atom is -0.446 e. The van der Waals surface area contributed by atoms with Crippen LogP contribution in [0.5, 0.6) is 0 Å². The number of halogens is 3. The highest BCUT2D eigenvalue weighted by molar-refractivity contribution is 5.95. The molecule has 1 amide bonds. The van der Waals surface area contributed by atoms with Gasteiger partial charge in [0.25, 0.3) is 5.91 Å². The summed E-state index contributed by atoms with van der Waals surface area (Å²) in [6.07, 6.45) is -5.42. The number of alkyl halides is 3. The Morgan fingerprint density at radius 1 is 1.33 bits per heavy atom. The van der Waals surface area contributed by atoms with Crippen molar-refractivity contribution >= 4 is 11.9 Å². The molecule has 0 saturated carbocycles. The molecule has 0 unspecified atom stereocenters. The Hall–Kier alpha value is -2.56. The standard InChI is InChI=1S/C13H11F3N2O3/c1-8(6-17)21-11(19)7-18-12(20)9-2-4-10(5-3-9)13(14,15)16/h2-5,8H,7H2,1H3,(H,18,20)/t8-/m0/s1. The van der Waals surface area contributed by atoms with E-state index in [0.717, 1.165) is 24.3 Å². The van der Waals surface area contributed by atoms with Crippen molar-refractivity contribution < 1.29 is 27.5 Å². The molecule has 0 radical (unpaired) electrons. The minimum atomic E-state index is -4.48. The number of nitrogens with one attached hydrogen (secondary N) is 1. The molecule has 0 aliphatic rings. The molecule has 0 aliphatic carbocycles. The van der Waals surface area contributed by atoms with E-state index in [1.807, 2.05) is 0 Å². The van der Waals surface area contributed by atoms with Crippen molar-refractivity contribution in [2.45, 2.75) is 19.2 Å². The van der Waals surface area contributed by atoms with Crippen LogP contribution >= 0.6 is 0 Å². The molecule has 0 saturated heterocycles. The van der Waals surface area contributed by atoms with E-state index in [1.165, 1.54) is 6.92 Å². The number of nitriles is 1. The van der Waals surface area contributed by atoms with Crippen molar-refractivity contribution in [3.8, 4) is 6.07 Å². The molecule has 5 nitrogen and oxygen atoms in total. The van der Waals surface area contributed by atoms with E-state index in [1.54, 1.807) is 6.07 Å². The van der Waals surface area contributed by atoms with Gasteiger partial charge in [-0.2, -0.15) is 18.4 Å². The molecule has 8 heteroatoms. The van der Waals surface area contributed by atoms with Gasteiger partial charge in [0.15, 0.2) is 6.10 Å². The molecule has 0 fully saturated rings. The number of hydrogen-bond acceptors (Lipinski definition) is 4. The zero-order chi connectivity index (χ0) is 16.0. The van der Waals surface area contributed by atoms with Gasteiger partial charge in [-0.25, -0.2) is 0 Å². The van der Waals surface area contributed by atoms with Crippen molar-refractivity contribution in [3.05, 3.63) is 35.4 Å². The van der Waals surface area contributed by atoms with Crippen molar-refractivity contribution in [1.29, 1.82) is 5.26 Å². The molecule has 0 spiro atoms. The van der Waals surface area contributed by atoms with Crippen LogP contribution in [-0.2, 0) is 15.7 Å². The lowest BCUT2D eigenvalue weighted by Crippen LogP contribution is -2.31. The average molecular weight is 300 g/mol. The van der Waals surface area contributed by atoms with Gasteiger partial charge in [-0.3, -0.25) is 9.59 Å². The molecule has 112 valence electrons. The minimum absolute atomic E-state index is 0.0240. The van der Waals surface area contributed by atoms with Crippen LogP contribution < -0.4 is 5.32 Å². The molecule has 21 heavy (non-hydrogen) atoms. The average Bonchev–Trinajstić information content (AvgIpc) is 2.43. The number of rotatable bonds is 4. The molecule has 1 atom stereocenters. The summed E-state index contributed by atoms with van der Waals surface area (Å²) in [6.45, 7) is 0.876. The molecular formula is C13H11F3N2O3. The Bertz CT molecular complexity index is 562. The number of carbonyl (C=O) groups is 2. The predicted octanol–water partition coefficient (Wildman–Crippen LogP) is 1.89. The van der Waals surface area contributed by atoms with Crippen LogP contribution in [0, 0.1) is 11.3 Å². The SMILES string of the molecule is C[C@@H](C#N)OC(=O)CNC(=O)c1ccc(C(F)(F)F)cc1. The van der Waals surface area contributed by atoms with Crippen LogP contribution in [0.3, 0.4) is 0 Å². The lowest BCUT2D eigenvalue weighted by molar-refractivity contribution is -0.144. The quantitative estimate of drug-likeness (QED) is 0.861. The fourth-order valence-corrected chi connectivity index (χ4v) is 1.33. The second-order valence-electron chi connectivity index (χ2n) is 4.02. The van der Waals surface area contributed by atoms with Gasteiger partial charge >= 0.3 is 12.1 Å². The lowest BCUT2D eigenvalue weighted by atomic mass is 10.1.